The molecule has 0 bridgehead atoms. The third-order valence-electron chi connectivity index (χ3n) is 7.52. The second-order valence-corrected chi connectivity index (χ2v) is 9.50. The predicted molar refractivity (Wildman–Crippen MR) is 140 cm³/mol. The summed E-state index contributed by atoms with van der Waals surface area (Å²) >= 11 is 0. The molecule has 1 aromatic carbocycles. The number of hydrogen-bond donors (Lipinski definition) is 1. The molecule has 1 fully saturated rings. The van der Waals surface area contributed by atoms with E-state index in [-0.39, 0.29) is 0 Å². The summed E-state index contributed by atoms with van der Waals surface area (Å²) in [6.07, 6.45) is 4.50. The van der Waals surface area contributed by atoms with E-state index < -0.39 is 0 Å². The van der Waals surface area contributed by atoms with E-state index in [1.54, 1.807) is 0 Å². The Kier molecular flexibility index (Phi) is 8.41. The van der Waals surface area contributed by atoms with Crippen LogP contribution in [0.2, 0.25) is 0 Å². The number of hydrogen-bond acceptors (Lipinski definition) is 4. The normalized spacial score (nSPS) is 15.8. The first-order valence-corrected chi connectivity index (χ1v) is 12.5. The maximum absolute atomic E-state index is 5.94. The fourth-order valence-corrected chi connectivity index (χ4v) is 4.71. The number of rotatable bonds is 9. The molecule has 0 amide bonds. The summed E-state index contributed by atoms with van der Waals surface area (Å²) in [6.45, 7) is 23.2. The third-order valence-corrected chi connectivity index (χ3v) is 7.52. The predicted octanol–water partition coefficient (Wildman–Crippen LogP) is 5.45. The van der Waals surface area contributed by atoms with Crippen molar-refractivity contribution in [1.29, 1.82) is 0 Å². The van der Waals surface area contributed by atoms with Crippen LogP contribution >= 0.6 is 0 Å². The van der Waals surface area contributed by atoms with Gasteiger partial charge in [-0.1, -0.05) is 32.6 Å². The summed E-state index contributed by atoms with van der Waals surface area (Å²) in [6, 6.07) is 6.69. The number of likely N-dealkylation sites (tertiary alicyclic amines) is 1. The first kappa shape index (κ1) is 25.1. The number of piperidine rings is 1. The molecule has 2 aromatic rings. The molecule has 1 aliphatic rings. The summed E-state index contributed by atoms with van der Waals surface area (Å²) in [4.78, 5) is 10.2. The van der Waals surface area contributed by atoms with E-state index in [0.29, 0.717) is 11.6 Å². The van der Waals surface area contributed by atoms with E-state index in [2.05, 4.69) is 86.9 Å². The average molecular weight is 450 g/mol. The Bertz CT molecular complexity index is 988. The molecule has 2 heterocycles. The lowest BCUT2D eigenvalue weighted by Gasteiger charge is -2.35. The van der Waals surface area contributed by atoms with Crippen molar-refractivity contribution >= 4 is 0 Å². The van der Waals surface area contributed by atoms with Crippen LogP contribution in [0, 0.1) is 13.8 Å². The fourth-order valence-electron chi connectivity index (χ4n) is 4.71. The highest BCUT2D eigenvalue weighted by atomic mass is 15.2. The van der Waals surface area contributed by atoms with Crippen LogP contribution in [0.25, 0.3) is 11.3 Å². The molecule has 5 nitrogen and oxygen atoms in total. The number of aromatic nitrogens is 2. The monoisotopic (exact) mass is 449 g/mol. The van der Waals surface area contributed by atoms with Crippen molar-refractivity contribution in [3.8, 4) is 11.3 Å². The van der Waals surface area contributed by atoms with Gasteiger partial charge in [0.1, 0.15) is 5.82 Å². The largest absolute Gasteiger partial charge is 0.399 e. The zero-order chi connectivity index (χ0) is 24.1. The van der Waals surface area contributed by atoms with Crippen molar-refractivity contribution in [3.63, 3.8) is 0 Å². The molecule has 0 aliphatic carbocycles. The molecule has 0 saturated carbocycles. The standard InChI is InChI=1S/C28H43N5/c1-8-31(9-2)16-17-33-19-27(26-11-10-20(3)21(4)18-26)30-28(33)25-12-14-32(15-13-25)24(7)22(5)23(6)29/h10-11,18-19,25H,6,8-9,12-17,29H2,1-5,7H3/b24-22-. The van der Waals surface area contributed by atoms with Gasteiger partial charge in [-0.25, -0.2) is 4.98 Å². The fraction of sp³-hybridized carbons (Fsp3) is 0.536. The maximum atomic E-state index is 5.94. The number of allylic oxidation sites excluding steroid dienone is 2. The Balaban J connectivity index is 1.85. The Hall–Kier alpha value is -2.53. The quantitative estimate of drug-likeness (QED) is 0.517. The van der Waals surface area contributed by atoms with Crippen molar-refractivity contribution in [2.24, 2.45) is 5.73 Å². The van der Waals surface area contributed by atoms with Crippen molar-refractivity contribution in [2.75, 3.05) is 32.7 Å². The summed E-state index contributed by atoms with van der Waals surface area (Å²) in [7, 11) is 0. The highest BCUT2D eigenvalue weighted by molar-refractivity contribution is 5.60. The van der Waals surface area contributed by atoms with Gasteiger partial charge in [-0.05, 0) is 76.4 Å². The Morgan fingerprint density at radius 2 is 1.79 bits per heavy atom. The highest BCUT2D eigenvalue weighted by Gasteiger charge is 2.26. The summed E-state index contributed by atoms with van der Waals surface area (Å²) in [5, 5.41) is 0. The number of nitrogens with zero attached hydrogens (tertiary/aromatic N) is 4. The second-order valence-electron chi connectivity index (χ2n) is 9.50. The van der Waals surface area contributed by atoms with Crippen LogP contribution in [0.5, 0.6) is 0 Å². The van der Waals surface area contributed by atoms with Crippen molar-refractivity contribution in [3.05, 3.63) is 64.9 Å². The van der Waals surface area contributed by atoms with Gasteiger partial charge < -0.3 is 20.1 Å². The lowest BCUT2D eigenvalue weighted by molar-refractivity contribution is 0.250. The maximum Gasteiger partial charge on any atom is 0.112 e. The van der Waals surface area contributed by atoms with E-state index in [1.165, 1.54) is 28.2 Å². The van der Waals surface area contributed by atoms with E-state index in [4.69, 9.17) is 10.7 Å². The highest BCUT2D eigenvalue weighted by Crippen LogP contribution is 2.32. The number of nitrogens with two attached hydrogens (primary N) is 1. The zero-order valence-corrected chi connectivity index (χ0v) is 21.6. The van der Waals surface area contributed by atoms with E-state index in [0.717, 1.165) is 63.4 Å². The van der Waals surface area contributed by atoms with Crippen molar-refractivity contribution < 1.29 is 0 Å². The molecule has 0 spiro atoms. The van der Waals surface area contributed by atoms with Gasteiger partial charge in [-0.3, -0.25) is 0 Å². The van der Waals surface area contributed by atoms with Crippen LogP contribution < -0.4 is 5.73 Å². The Labute approximate surface area is 201 Å². The molecule has 1 saturated heterocycles. The molecule has 0 atom stereocenters. The van der Waals surface area contributed by atoms with Crippen LogP contribution in [-0.4, -0.2) is 52.1 Å². The van der Waals surface area contributed by atoms with Crippen LogP contribution in [0.15, 0.2) is 47.9 Å². The van der Waals surface area contributed by atoms with Gasteiger partial charge in [0, 0.05) is 55.3 Å². The van der Waals surface area contributed by atoms with E-state index >= 15 is 0 Å². The van der Waals surface area contributed by atoms with Crippen LogP contribution in [0.1, 0.15) is 63.4 Å². The van der Waals surface area contributed by atoms with Gasteiger partial charge in [0.15, 0.2) is 0 Å². The summed E-state index contributed by atoms with van der Waals surface area (Å²) in [5.74, 6) is 1.73. The zero-order valence-electron chi connectivity index (χ0n) is 21.6. The van der Waals surface area contributed by atoms with Crippen LogP contribution in [0.4, 0.5) is 0 Å². The summed E-state index contributed by atoms with van der Waals surface area (Å²) < 4.78 is 2.43. The molecule has 33 heavy (non-hydrogen) atoms. The van der Waals surface area contributed by atoms with Crippen molar-refractivity contribution in [2.45, 2.75) is 66.8 Å². The Morgan fingerprint density at radius 1 is 1.12 bits per heavy atom. The molecular formula is C28H43N5. The lowest BCUT2D eigenvalue weighted by atomic mass is 9.95. The number of imidazole rings is 1. The minimum Gasteiger partial charge on any atom is -0.399 e. The number of benzene rings is 1. The lowest BCUT2D eigenvalue weighted by Crippen LogP contribution is -2.33. The molecule has 0 radical (unpaired) electrons. The van der Waals surface area contributed by atoms with Gasteiger partial charge >= 0.3 is 0 Å². The minimum absolute atomic E-state index is 0.479. The van der Waals surface area contributed by atoms with Gasteiger partial charge in [-0.15, -0.1) is 0 Å². The third kappa shape index (κ3) is 5.89. The number of likely N-dealkylation sites (N-methyl/N-ethyl adjacent to an activating group) is 1. The van der Waals surface area contributed by atoms with Gasteiger partial charge in [-0.2, -0.15) is 0 Å². The molecule has 2 N–H and O–H groups in total. The molecule has 180 valence electrons. The van der Waals surface area contributed by atoms with Crippen LogP contribution in [0.3, 0.4) is 0 Å². The van der Waals surface area contributed by atoms with Crippen molar-refractivity contribution in [1.82, 2.24) is 19.4 Å². The molecule has 3 rings (SSSR count). The smallest absolute Gasteiger partial charge is 0.112 e. The molecule has 1 aliphatic heterocycles. The van der Waals surface area contributed by atoms with Gasteiger partial charge in [0.2, 0.25) is 0 Å². The van der Waals surface area contributed by atoms with Crippen LogP contribution in [-0.2, 0) is 6.54 Å². The number of aryl methyl sites for hydroxylation is 2. The molecule has 5 heteroatoms. The first-order valence-electron chi connectivity index (χ1n) is 12.5. The van der Waals surface area contributed by atoms with Gasteiger partial charge in [0.05, 0.1) is 5.69 Å². The average Bonchev–Trinajstić information content (AvgIpc) is 3.24. The van der Waals surface area contributed by atoms with E-state index in [9.17, 15) is 0 Å². The molecule has 0 unspecified atom stereocenters. The Morgan fingerprint density at radius 3 is 2.36 bits per heavy atom. The topological polar surface area (TPSA) is 50.3 Å². The van der Waals surface area contributed by atoms with E-state index in [1.807, 2.05) is 0 Å². The molecule has 1 aromatic heterocycles. The molecular weight excluding hydrogens is 406 g/mol. The van der Waals surface area contributed by atoms with Gasteiger partial charge in [0.25, 0.3) is 0 Å². The SMILES string of the molecule is C=C(N)/C(C)=C(/C)N1CCC(c2nc(-c3ccc(C)c(C)c3)cn2CCN(CC)CC)CC1. The summed E-state index contributed by atoms with van der Waals surface area (Å²) in [5.41, 5.74) is 13.9. The second kappa shape index (κ2) is 11.1. The first-order chi connectivity index (χ1) is 15.7. The minimum atomic E-state index is 0.479.